The molecular weight excluding hydrogens is 440 g/mol. The van der Waals surface area contributed by atoms with Crippen molar-refractivity contribution in [2.75, 3.05) is 11.9 Å². The number of imidazole rings is 1. The summed E-state index contributed by atoms with van der Waals surface area (Å²) in [6.07, 6.45) is 3.55. The van der Waals surface area contributed by atoms with Crippen molar-refractivity contribution in [3.05, 3.63) is 80.6 Å². The molecule has 11 heteroatoms. The minimum absolute atomic E-state index is 0.149. The Bertz CT molecular complexity index is 1540. The average molecular weight is 462 g/mol. The van der Waals surface area contributed by atoms with E-state index in [1.165, 1.54) is 35.8 Å². The van der Waals surface area contributed by atoms with E-state index in [0.717, 1.165) is 15.7 Å². The summed E-state index contributed by atoms with van der Waals surface area (Å²) in [5.74, 6) is -0.230. The van der Waals surface area contributed by atoms with Gasteiger partial charge in [-0.05, 0) is 41.8 Å². The molecule has 1 aliphatic rings. The van der Waals surface area contributed by atoms with Crippen LogP contribution in [0.4, 0.5) is 5.69 Å². The zero-order valence-electron chi connectivity index (χ0n) is 18.6. The smallest absolute Gasteiger partial charge is 0.332 e. The number of carbonyl (C=O) groups is 2. The number of carbonyl (C=O) groups excluding carboxylic acids is 2. The number of hydrogen-bond donors (Lipinski definition) is 1. The van der Waals surface area contributed by atoms with E-state index in [4.69, 9.17) is 4.42 Å². The number of rotatable bonds is 4. The largest absolute Gasteiger partial charge is 0.459 e. The standard InChI is InChI=1S/C23H22N6O5/c1-26-20-19(22(32)27(2)23(26)33)29(13-24-20)12-18(30)25-16-6-5-14-7-8-28(11-15(14)10-16)21(31)17-4-3-9-34-17/h3-6,9-10,13H,7-8,11-12H2,1-2H3,(H,25,30). The zero-order chi connectivity index (χ0) is 24.0. The van der Waals surface area contributed by atoms with Crippen molar-refractivity contribution in [3.63, 3.8) is 0 Å². The first kappa shape index (κ1) is 21.4. The summed E-state index contributed by atoms with van der Waals surface area (Å²) in [7, 11) is 2.91. The molecule has 0 saturated carbocycles. The Morgan fingerprint density at radius 1 is 1.12 bits per heavy atom. The van der Waals surface area contributed by atoms with E-state index in [1.54, 1.807) is 17.0 Å². The van der Waals surface area contributed by atoms with Crippen molar-refractivity contribution < 1.29 is 14.0 Å². The van der Waals surface area contributed by atoms with E-state index in [2.05, 4.69) is 10.3 Å². The molecule has 2 amide bonds. The molecule has 3 aromatic heterocycles. The topological polar surface area (TPSA) is 124 Å². The highest BCUT2D eigenvalue weighted by atomic mass is 16.3. The molecule has 4 heterocycles. The Hall–Kier alpha value is -4.41. The molecule has 0 spiro atoms. The Morgan fingerprint density at radius 3 is 2.71 bits per heavy atom. The second-order valence-electron chi connectivity index (χ2n) is 8.24. The normalized spacial score (nSPS) is 13.2. The lowest BCUT2D eigenvalue weighted by Crippen LogP contribution is -2.37. The highest BCUT2D eigenvalue weighted by Gasteiger charge is 2.24. The number of benzene rings is 1. The molecule has 11 nitrogen and oxygen atoms in total. The number of furan rings is 1. The first-order valence-electron chi connectivity index (χ1n) is 10.7. The molecular formula is C23H22N6O5. The molecule has 0 bridgehead atoms. The number of amides is 2. The second kappa shape index (κ2) is 8.18. The van der Waals surface area contributed by atoms with Gasteiger partial charge in [0.25, 0.3) is 11.5 Å². The highest BCUT2D eigenvalue weighted by Crippen LogP contribution is 2.24. The highest BCUT2D eigenvalue weighted by molar-refractivity contribution is 5.92. The summed E-state index contributed by atoms with van der Waals surface area (Å²) in [6.45, 7) is 0.850. The lowest BCUT2D eigenvalue weighted by molar-refractivity contribution is -0.116. The van der Waals surface area contributed by atoms with Crippen LogP contribution in [0.15, 0.2) is 56.9 Å². The Balaban J connectivity index is 1.34. The molecule has 0 aliphatic carbocycles. The third kappa shape index (κ3) is 3.60. The molecule has 4 aromatic rings. The van der Waals surface area contributed by atoms with E-state index in [9.17, 15) is 19.2 Å². The number of aryl methyl sites for hydroxylation is 1. The van der Waals surface area contributed by atoms with Gasteiger partial charge in [0.1, 0.15) is 6.54 Å². The van der Waals surface area contributed by atoms with Gasteiger partial charge in [-0.3, -0.25) is 23.5 Å². The average Bonchev–Trinajstić information content (AvgIpc) is 3.51. The number of nitrogens with one attached hydrogen (secondary N) is 1. The van der Waals surface area contributed by atoms with Crippen LogP contribution in [0.1, 0.15) is 21.7 Å². The van der Waals surface area contributed by atoms with Gasteiger partial charge in [0.2, 0.25) is 5.91 Å². The van der Waals surface area contributed by atoms with E-state index in [1.807, 2.05) is 18.2 Å². The minimum Gasteiger partial charge on any atom is -0.459 e. The summed E-state index contributed by atoms with van der Waals surface area (Å²) in [4.78, 5) is 55.9. The van der Waals surface area contributed by atoms with Crippen LogP contribution in [0.25, 0.3) is 11.2 Å². The number of anilines is 1. The molecule has 0 fully saturated rings. The van der Waals surface area contributed by atoms with Crippen LogP contribution in [-0.2, 0) is 38.4 Å². The fourth-order valence-electron chi connectivity index (χ4n) is 4.24. The third-order valence-corrected chi connectivity index (χ3v) is 6.05. The van der Waals surface area contributed by atoms with Crippen molar-refractivity contribution in [1.29, 1.82) is 0 Å². The molecule has 174 valence electrons. The molecule has 0 radical (unpaired) electrons. The van der Waals surface area contributed by atoms with Crippen LogP contribution >= 0.6 is 0 Å². The predicted molar refractivity (Wildman–Crippen MR) is 122 cm³/mol. The van der Waals surface area contributed by atoms with Crippen molar-refractivity contribution in [2.24, 2.45) is 14.1 Å². The summed E-state index contributed by atoms with van der Waals surface area (Å²) >= 11 is 0. The quantitative estimate of drug-likeness (QED) is 0.480. The Labute approximate surface area is 192 Å². The number of fused-ring (bicyclic) bond motifs is 2. The Kier molecular flexibility index (Phi) is 5.16. The minimum atomic E-state index is -0.515. The van der Waals surface area contributed by atoms with E-state index >= 15 is 0 Å². The van der Waals surface area contributed by atoms with Gasteiger partial charge in [-0.2, -0.15) is 0 Å². The lowest BCUT2D eigenvalue weighted by atomic mass is 9.99. The first-order chi connectivity index (χ1) is 16.3. The van der Waals surface area contributed by atoms with Crippen LogP contribution in [0.2, 0.25) is 0 Å². The monoisotopic (exact) mass is 462 g/mol. The molecule has 0 saturated heterocycles. The third-order valence-electron chi connectivity index (χ3n) is 6.05. The van der Waals surface area contributed by atoms with Gasteiger partial charge < -0.3 is 19.2 Å². The molecule has 34 heavy (non-hydrogen) atoms. The summed E-state index contributed by atoms with van der Waals surface area (Å²) in [5, 5.41) is 2.84. The Morgan fingerprint density at radius 2 is 1.94 bits per heavy atom. The predicted octanol–water partition coefficient (Wildman–Crippen LogP) is 0.864. The zero-order valence-corrected chi connectivity index (χ0v) is 18.6. The maximum atomic E-state index is 12.8. The van der Waals surface area contributed by atoms with Crippen LogP contribution in [0, 0.1) is 0 Å². The number of hydrogen-bond acceptors (Lipinski definition) is 6. The van der Waals surface area contributed by atoms with Gasteiger partial charge in [0.15, 0.2) is 16.9 Å². The van der Waals surface area contributed by atoms with Crippen molar-refractivity contribution in [3.8, 4) is 0 Å². The molecule has 1 N–H and O–H groups in total. The van der Waals surface area contributed by atoms with Gasteiger partial charge in [-0.25, -0.2) is 9.78 Å². The second-order valence-corrected chi connectivity index (χ2v) is 8.24. The maximum absolute atomic E-state index is 12.8. The fourth-order valence-corrected chi connectivity index (χ4v) is 4.24. The van der Waals surface area contributed by atoms with Gasteiger partial charge in [0, 0.05) is 32.9 Å². The van der Waals surface area contributed by atoms with Crippen LogP contribution in [0.5, 0.6) is 0 Å². The number of aromatic nitrogens is 4. The van der Waals surface area contributed by atoms with Gasteiger partial charge in [0.05, 0.1) is 12.6 Å². The van der Waals surface area contributed by atoms with Crippen molar-refractivity contribution >= 4 is 28.7 Å². The van der Waals surface area contributed by atoms with Gasteiger partial charge in [-0.15, -0.1) is 0 Å². The lowest BCUT2D eigenvalue weighted by Gasteiger charge is -2.28. The number of nitrogens with zero attached hydrogens (tertiary/aromatic N) is 5. The fraction of sp³-hybridized carbons (Fsp3) is 0.261. The van der Waals surface area contributed by atoms with E-state index in [-0.39, 0.29) is 29.5 Å². The summed E-state index contributed by atoms with van der Waals surface area (Å²) in [5.41, 5.74) is 2.04. The molecule has 1 aliphatic heterocycles. The van der Waals surface area contributed by atoms with E-state index < -0.39 is 11.2 Å². The molecule has 1 aromatic carbocycles. The van der Waals surface area contributed by atoms with Crippen LogP contribution < -0.4 is 16.6 Å². The summed E-state index contributed by atoms with van der Waals surface area (Å²) < 4.78 is 8.90. The molecule has 5 rings (SSSR count). The maximum Gasteiger partial charge on any atom is 0.332 e. The molecule has 0 unspecified atom stereocenters. The van der Waals surface area contributed by atoms with Crippen LogP contribution in [-0.4, -0.2) is 41.9 Å². The van der Waals surface area contributed by atoms with Crippen molar-refractivity contribution in [1.82, 2.24) is 23.6 Å². The van der Waals surface area contributed by atoms with Gasteiger partial charge in [-0.1, -0.05) is 6.07 Å². The summed E-state index contributed by atoms with van der Waals surface area (Å²) in [6, 6.07) is 8.92. The van der Waals surface area contributed by atoms with Crippen molar-refractivity contribution in [2.45, 2.75) is 19.5 Å². The first-order valence-corrected chi connectivity index (χ1v) is 10.7. The molecule has 0 atom stereocenters. The SMILES string of the molecule is Cn1c(=O)c2c(ncn2CC(=O)Nc2ccc3c(c2)CN(C(=O)c2ccco2)CC3)n(C)c1=O. The van der Waals surface area contributed by atoms with E-state index in [0.29, 0.717) is 31.0 Å². The van der Waals surface area contributed by atoms with Crippen LogP contribution in [0.3, 0.4) is 0 Å². The van der Waals surface area contributed by atoms with Gasteiger partial charge >= 0.3 is 5.69 Å².